The number of benzene rings is 2. The van der Waals surface area contributed by atoms with Crippen molar-refractivity contribution >= 4 is 27.6 Å². The van der Waals surface area contributed by atoms with E-state index in [1.807, 2.05) is 30.3 Å². The second kappa shape index (κ2) is 8.68. The van der Waals surface area contributed by atoms with Crippen LogP contribution in [-0.4, -0.2) is 31.9 Å². The number of tetrazole rings is 1. The van der Waals surface area contributed by atoms with E-state index in [-0.39, 0.29) is 24.5 Å². The van der Waals surface area contributed by atoms with Gasteiger partial charge < -0.3 is 5.32 Å². The summed E-state index contributed by atoms with van der Waals surface area (Å²) in [7, 11) is 0. The molecular formula is C19H18BrN5O2. The minimum atomic E-state index is -0.400. The van der Waals surface area contributed by atoms with Crippen LogP contribution in [0.4, 0.5) is 0 Å². The molecule has 0 radical (unpaired) electrons. The van der Waals surface area contributed by atoms with Crippen molar-refractivity contribution in [2.24, 2.45) is 0 Å². The topological polar surface area (TPSA) is 89.8 Å². The molecule has 1 amide bonds. The van der Waals surface area contributed by atoms with Crippen LogP contribution < -0.4 is 5.32 Å². The monoisotopic (exact) mass is 427 g/mol. The van der Waals surface area contributed by atoms with Crippen LogP contribution in [0.15, 0.2) is 59.1 Å². The third-order valence-corrected chi connectivity index (χ3v) is 4.53. The molecule has 2 aromatic carbocycles. The molecule has 0 bridgehead atoms. The normalized spacial score (nSPS) is 11.8. The Bertz CT molecular complexity index is 925. The molecule has 3 aromatic rings. The molecule has 27 heavy (non-hydrogen) atoms. The lowest BCUT2D eigenvalue weighted by Crippen LogP contribution is -2.29. The summed E-state index contributed by atoms with van der Waals surface area (Å²) >= 11 is 3.39. The van der Waals surface area contributed by atoms with E-state index >= 15 is 0 Å². The molecule has 3 rings (SSSR count). The van der Waals surface area contributed by atoms with Gasteiger partial charge in [0.1, 0.15) is 0 Å². The van der Waals surface area contributed by atoms with Crippen molar-refractivity contribution in [3.63, 3.8) is 0 Å². The summed E-state index contributed by atoms with van der Waals surface area (Å²) in [6.45, 7) is 1.80. The first-order valence-corrected chi connectivity index (χ1v) is 9.25. The number of rotatable bonds is 7. The summed E-state index contributed by atoms with van der Waals surface area (Å²) in [6.07, 6.45) is 0.262. The molecule has 1 N–H and O–H groups in total. The molecule has 0 aliphatic rings. The van der Waals surface area contributed by atoms with Crippen molar-refractivity contribution in [2.45, 2.75) is 25.8 Å². The molecule has 0 saturated heterocycles. The maximum absolute atomic E-state index is 12.2. The molecule has 0 spiro atoms. The van der Waals surface area contributed by atoms with Gasteiger partial charge in [0.2, 0.25) is 5.91 Å². The fourth-order valence-corrected chi connectivity index (χ4v) is 2.87. The summed E-state index contributed by atoms with van der Waals surface area (Å²) in [6, 6.07) is 16.1. The van der Waals surface area contributed by atoms with Gasteiger partial charge in [0, 0.05) is 22.9 Å². The minimum Gasteiger partial charge on any atom is -0.346 e. The lowest BCUT2D eigenvalue weighted by atomic mass is 10.1. The number of halogens is 1. The Morgan fingerprint density at radius 1 is 1.07 bits per heavy atom. The van der Waals surface area contributed by atoms with Crippen molar-refractivity contribution in [1.82, 2.24) is 25.5 Å². The summed E-state index contributed by atoms with van der Waals surface area (Å²) in [5, 5.41) is 14.6. The summed E-state index contributed by atoms with van der Waals surface area (Å²) in [4.78, 5) is 24.3. The van der Waals surface area contributed by atoms with Crippen LogP contribution in [0, 0.1) is 0 Å². The van der Waals surface area contributed by atoms with Gasteiger partial charge in [-0.05, 0) is 41.6 Å². The lowest BCUT2D eigenvalue weighted by Gasteiger charge is -2.13. The van der Waals surface area contributed by atoms with Gasteiger partial charge in [-0.1, -0.05) is 46.3 Å². The Balaban J connectivity index is 1.60. The molecule has 138 valence electrons. The van der Waals surface area contributed by atoms with E-state index in [1.165, 1.54) is 0 Å². The highest BCUT2D eigenvalue weighted by Gasteiger charge is 2.18. The van der Waals surface area contributed by atoms with Gasteiger partial charge in [-0.3, -0.25) is 9.59 Å². The van der Waals surface area contributed by atoms with E-state index in [9.17, 15) is 9.59 Å². The standard InChI is InChI=1S/C19H18BrN5O2/c1-13(19-22-23-24-25(19)16-9-7-15(20)8-10-16)21-18(27)12-11-17(26)14-5-3-2-4-6-14/h2-10,13H,11-12H2,1H3,(H,21,27). The lowest BCUT2D eigenvalue weighted by molar-refractivity contribution is -0.121. The number of Topliss-reactive ketones (excluding diaryl/α,β-unsaturated/α-hetero) is 1. The van der Waals surface area contributed by atoms with Gasteiger partial charge in [0.25, 0.3) is 0 Å². The van der Waals surface area contributed by atoms with Crippen LogP contribution in [0.3, 0.4) is 0 Å². The average Bonchev–Trinajstić information content (AvgIpc) is 3.17. The van der Waals surface area contributed by atoms with E-state index in [0.29, 0.717) is 11.4 Å². The van der Waals surface area contributed by atoms with Crippen molar-refractivity contribution in [3.05, 3.63) is 70.5 Å². The van der Waals surface area contributed by atoms with Crippen molar-refractivity contribution in [1.29, 1.82) is 0 Å². The first-order chi connectivity index (χ1) is 13.0. The highest BCUT2D eigenvalue weighted by Crippen LogP contribution is 2.17. The highest BCUT2D eigenvalue weighted by molar-refractivity contribution is 9.10. The molecule has 1 atom stereocenters. The van der Waals surface area contributed by atoms with Crippen LogP contribution in [-0.2, 0) is 4.79 Å². The molecule has 8 heteroatoms. The Hall–Kier alpha value is -2.87. The van der Waals surface area contributed by atoms with Gasteiger partial charge >= 0.3 is 0 Å². The van der Waals surface area contributed by atoms with E-state index in [2.05, 4.69) is 36.8 Å². The summed E-state index contributed by atoms with van der Waals surface area (Å²) in [5.74, 6) is 0.232. The number of ketones is 1. The van der Waals surface area contributed by atoms with Gasteiger partial charge in [-0.2, -0.15) is 4.68 Å². The van der Waals surface area contributed by atoms with Crippen molar-refractivity contribution in [2.75, 3.05) is 0 Å². The van der Waals surface area contributed by atoms with E-state index < -0.39 is 6.04 Å². The average molecular weight is 428 g/mol. The third kappa shape index (κ3) is 4.85. The van der Waals surface area contributed by atoms with Crippen molar-refractivity contribution < 1.29 is 9.59 Å². The van der Waals surface area contributed by atoms with Gasteiger partial charge in [0.05, 0.1) is 11.7 Å². The largest absolute Gasteiger partial charge is 0.346 e. The van der Waals surface area contributed by atoms with E-state index in [4.69, 9.17) is 0 Å². The summed E-state index contributed by atoms with van der Waals surface area (Å²) < 4.78 is 2.53. The Morgan fingerprint density at radius 2 is 1.78 bits per heavy atom. The first kappa shape index (κ1) is 18.9. The zero-order valence-corrected chi connectivity index (χ0v) is 16.3. The highest BCUT2D eigenvalue weighted by atomic mass is 79.9. The Morgan fingerprint density at radius 3 is 2.48 bits per heavy atom. The molecule has 1 heterocycles. The fourth-order valence-electron chi connectivity index (χ4n) is 2.60. The smallest absolute Gasteiger partial charge is 0.221 e. The molecule has 0 aliphatic carbocycles. The number of aromatic nitrogens is 4. The number of carbonyl (C=O) groups is 2. The van der Waals surface area contributed by atoms with E-state index in [1.54, 1.807) is 35.9 Å². The van der Waals surface area contributed by atoms with Gasteiger partial charge in [0.15, 0.2) is 11.6 Å². The first-order valence-electron chi connectivity index (χ1n) is 8.46. The number of nitrogens with one attached hydrogen (secondary N) is 1. The second-order valence-corrected chi connectivity index (χ2v) is 6.92. The Kier molecular flexibility index (Phi) is 6.08. The fraction of sp³-hybridized carbons (Fsp3) is 0.211. The number of hydrogen-bond acceptors (Lipinski definition) is 5. The zero-order chi connectivity index (χ0) is 19.2. The minimum absolute atomic E-state index is 0.0573. The van der Waals surface area contributed by atoms with Crippen molar-refractivity contribution in [3.8, 4) is 5.69 Å². The maximum atomic E-state index is 12.2. The van der Waals surface area contributed by atoms with Gasteiger partial charge in [-0.15, -0.1) is 5.10 Å². The number of carbonyl (C=O) groups excluding carboxylic acids is 2. The predicted octanol–water partition coefficient (Wildman–Crippen LogP) is 3.27. The number of hydrogen-bond donors (Lipinski definition) is 1. The molecule has 0 aliphatic heterocycles. The van der Waals surface area contributed by atoms with E-state index in [0.717, 1.165) is 10.2 Å². The van der Waals surface area contributed by atoms with Crippen LogP contribution in [0.5, 0.6) is 0 Å². The quantitative estimate of drug-likeness (QED) is 0.584. The molecule has 1 unspecified atom stereocenters. The molecule has 1 aromatic heterocycles. The van der Waals surface area contributed by atoms with Crippen LogP contribution >= 0.6 is 15.9 Å². The maximum Gasteiger partial charge on any atom is 0.221 e. The molecule has 0 fully saturated rings. The third-order valence-electron chi connectivity index (χ3n) is 4.00. The predicted molar refractivity (Wildman–Crippen MR) is 103 cm³/mol. The number of amides is 1. The SMILES string of the molecule is CC(NC(=O)CCC(=O)c1ccccc1)c1nnnn1-c1ccc(Br)cc1. The second-order valence-electron chi connectivity index (χ2n) is 6.00. The number of nitrogens with zero attached hydrogens (tertiary/aromatic N) is 4. The molecule has 0 saturated carbocycles. The van der Waals surface area contributed by atoms with Crippen LogP contribution in [0.1, 0.15) is 42.0 Å². The van der Waals surface area contributed by atoms with Gasteiger partial charge in [-0.25, -0.2) is 0 Å². The van der Waals surface area contributed by atoms with Crippen LogP contribution in [0.2, 0.25) is 0 Å². The molecule has 7 nitrogen and oxygen atoms in total. The Labute approximate surface area is 164 Å². The van der Waals surface area contributed by atoms with Crippen LogP contribution in [0.25, 0.3) is 5.69 Å². The zero-order valence-electron chi connectivity index (χ0n) is 14.7. The summed E-state index contributed by atoms with van der Waals surface area (Å²) in [5.41, 5.74) is 1.40. The molecular weight excluding hydrogens is 410 g/mol.